The molecule has 20 heavy (non-hydrogen) atoms. The van der Waals surface area contributed by atoms with Crippen molar-refractivity contribution in [2.75, 3.05) is 0 Å². The van der Waals surface area contributed by atoms with Gasteiger partial charge in [-0.3, -0.25) is 10.1 Å². The van der Waals surface area contributed by atoms with Gasteiger partial charge in [-0.05, 0) is 12.5 Å². The number of carboxylic acids is 1. The van der Waals surface area contributed by atoms with Crippen LogP contribution >= 0.6 is 15.9 Å². The van der Waals surface area contributed by atoms with Gasteiger partial charge >= 0.3 is 5.97 Å². The normalized spacial score (nSPS) is 10.5. The molecule has 0 radical (unpaired) electrons. The summed E-state index contributed by atoms with van der Waals surface area (Å²) in [6, 6.07) is 4.19. The number of nitro benzene ring substituents is 1. The molecule has 2 aromatic rings. The molecule has 1 aromatic heterocycles. The lowest BCUT2D eigenvalue weighted by atomic mass is 10.2. The highest BCUT2D eigenvalue weighted by atomic mass is 79.9. The van der Waals surface area contributed by atoms with Crippen molar-refractivity contribution in [2.24, 2.45) is 0 Å². The molecular formula is C12H9BrN2O5. The van der Waals surface area contributed by atoms with Crippen LogP contribution in [0.15, 0.2) is 27.1 Å². The van der Waals surface area contributed by atoms with Gasteiger partial charge < -0.3 is 9.52 Å². The summed E-state index contributed by atoms with van der Waals surface area (Å²) in [7, 11) is 0. The van der Waals surface area contributed by atoms with E-state index in [4.69, 9.17) is 9.52 Å². The lowest BCUT2D eigenvalue weighted by Gasteiger charge is -1.98. The van der Waals surface area contributed by atoms with Crippen molar-refractivity contribution in [1.82, 2.24) is 4.98 Å². The summed E-state index contributed by atoms with van der Waals surface area (Å²) in [6.07, 6.45) is 0.390. The highest BCUT2D eigenvalue weighted by molar-refractivity contribution is 9.10. The molecule has 0 amide bonds. The summed E-state index contributed by atoms with van der Waals surface area (Å²) in [4.78, 5) is 25.4. The lowest BCUT2D eigenvalue weighted by Crippen LogP contribution is -1.98. The van der Waals surface area contributed by atoms with E-state index in [2.05, 4.69) is 20.9 Å². The second-order valence-electron chi connectivity index (χ2n) is 3.91. The Morgan fingerprint density at radius 1 is 1.50 bits per heavy atom. The average molecular weight is 341 g/mol. The summed E-state index contributed by atoms with van der Waals surface area (Å²) in [5.74, 6) is -1.42. The highest BCUT2D eigenvalue weighted by Gasteiger charge is 2.20. The van der Waals surface area contributed by atoms with Crippen LogP contribution in [0.5, 0.6) is 0 Å². The van der Waals surface area contributed by atoms with Crippen LogP contribution in [0.2, 0.25) is 0 Å². The van der Waals surface area contributed by atoms with Crippen molar-refractivity contribution in [3.05, 3.63) is 44.2 Å². The van der Waals surface area contributed by atoms with Crippen molar-refractivity contribution < 1.29 is 19.2 Å². The third kappa shape index (κ3) is 2.69. The number of carboxylic acid groups (broad SMARTS) is 1. The van der Waals surface area contributed by atoms with Crippen molar-refractivity contribution in [3.63, 3.8) is 0 Å². The molecule has 0 aliphatic rings. The first-order valence-corrected chi connectivity index (χ1v) is 6.40. The van der Waals surface area contributed by atoms with Gasteiger partial charge in [0.15, 0.2) is 0 Å². The largest absolute Gasteiger partial charge is 0.475 e. The molecular weight excluding hydrogens is 332 g/mol. The number of aryl methyl sites for hydroxylation is 1. The smallest absolute Gasteiger partial charge is 0.373 e. The summed E-state index contributed by atoms with van der Waals surface area (Å²) >= 11 is 3.16. The number of nitrogens with zero attached hydrogens (tertiary/aromatic N) is 2. The van der Waals surface area contributed by atoms with Crippen LogP contribution in [0.25, 0.3) is 11.5 Å². The minimum Gasteiger partial charge on any atom is -0.475 e. The first kappa shape index (κ1) is 14.2. The molecule has 0 unspecified atom stereocenters. The van der Waals surface area contributed by atoms with E-state index in [1.165, 1.54) is 12.1 Å². The number of halogens is 1. The molecule has 0 atom stereocenters. The summed E-state index contributed by atoms with van der Waals surface area (Å²) < 4.78 is 5.67. The zero-order valence-corrected chi connectivity index (χ0v) is 11.9. The van der Waals surface area contributed by atoms with E-state index < -0.39 is 10.9 Å². The molecule has 1 heterocycles. The van der Waals surface area contributed by atoms with Gasteiger partial charge in [-0.2, -0.15) is 0 Å². The third-order valence-electron chi connectivity index (χ3n) is 2.57. The molecule has 0 fully saturated rings. The second-order valence-corrected chi connectivity index (χ2v) is 4.82. The fraction of sp³-hybridized carbons (Fsp3) is 0.167. The van der Waals surface area contributed by atoms with E-state index >= 15 is 0 Å². The first-order chi connectivity index (χ1) is 9.42. The Kier molecular flexibility index (Phi) is 3.84. The topological polar surface area (TPSA) is 106 Å². The molecule has 7 nitrogen and oxygen atoms in total. The molecule has 0 aliphatic heterocycles. The third-order valence-corrected chi connectivity index (χ3v) is 3.02. The van der Waals surface area contributed by atoms with Gasteiger partial charge in [-0.15, -0.1) is 0 Å². The van der Waals surface area contributed by atoms with Gasteiger partial charge in [0.05, 0.1) is 10.6 Å². The van der Waals surface area contributed by atoms with Gasteiger partial charge in [0.2, 0.25) is 11.7 Å². The van der Waals surface area contributed by atoms with Crippen LogP contribution in [0.4, 0.5) is 5.69 Å². The lowest BCUT2D eigenvalue weighted by molar-refractivity contribution is -0.384. The minimum atomic E-state index is -1.22. The van der Waals surface area contributed by atoms with Crippen LogP contribution in [0.3, 0.4) is 0 Å². The Labute approximate surface area is 121 Å². The van der Waals surface area contributed by atoms with E-state index in [1.807, 2.05) is 0 Å². The fourth-order valence-corrected chi connectivity index (χ4v) is 2.17. The predicted molar refractivity (Wildman–Crippen MR) is 72.6 cm³/mol. The number of aromatic carboxylic acids is 1. The van der Waals surface area contributed by atoms with Gasteiger partial charge in [0.25, 0.3) is 5.69 Å². The Morgan fingerprint density at radius 3 is 2.70 bits per heavy atom. The number of carbonyl (C=O) groups is 1. The molecule has 1 aromatic carbocycles. The van der Waals surface area contributed by atoms with Crippen molar-refractivity contribution >= 4 is 27.6 Å². The quantitative estimate of drug-likeness (QED) is 0.676. The van der Waals surface area contributed by atoms with E-state index in [0.717, 1.165) is 0 Å². The van der Waals surface area contributed by atoms with Crippen molar-refractivity contribution in [3.8, 4) is 11.5 Å². The van der Waals surface area contributed by atoms with E-state index in [0.29, 0.717) is 22.2 Å². The van der Waals surface area contributed by atoms with E-state index in [1.54, 1.807) is 13.0 Å². The maximum atomic E-state index is 11.0. The number of nitro groups is 1. The van der Waals surface area contributed by atoms with Crippen LogP contribution in [-0.2, 0) is 6.42 Å². The molecule has 1 N–H and O–H groups in total. The Balaban J connectivity index is 2.56. The summed E-state index contributed by atoms with van der Waals surface area (Å²) in [6.45, 7) is 1.75. The maximum absolute atomic E-state index is 11.0. The number of non-ortho nitro benzene ring substituents is 1. The molecule has 0 saturated heterocycles. The number of hydrogen-bond donors (Lipinski definition) is 1. The van der Waals surface area contributed by atoms with E-state index in [-0.39, 0.29) is 17.3 Å². The number of benzene rings is 1. The molecule has 0 bridgehead atoms. The maximum Gasteiger partial charge on any atom is 0.373 e. The molecule has 0 spiro atoms. The summed E-state index contributed by atoms with van der Waals surface area (Å²) in [5.41, 5.74) is 0.505. The molecule has 2 rings (SSSR count). The van der Waals surface area contributed by atoms with Gasteiger partial charge in [-0.1, -0.05) is 22.9 Å². The Morgan fingerprint density at radius 2 is 2.20 bits per heavy atom. The summed E-state index contributed by atoms with van der Waals surface area (Å²) in [5, 5.41) is 19.8. The van der Waals surface area contributed by atoms with Crippen molar-refractivity contribution in [2.45, 2.75) is 13.3 Å². The second kappa shape index (κ2) is 5.41. The average Bonchev–Trinajstić information content (AvgIpc) is 2.82. The molecule has 0 aliphatic carbocycles. The van der Waals surface area contributed by atoms with Gasteiger partial charge in [0.1, 0.15) is 0 Å². The zero-order valence-electron chi connectivity index (χ0n) is 10.3. The SMILES string of the molecule is CCc1nc(-c2cc(Br)cc([N+](=O)[O-])c2)oc1C(=O)O. The number of rotatable bonds is 4. The van der Waals surface area contributed by atoms with Crippen molar-refractivity contribution in [1.29, 1.82) is 0 Å². The molecule has 8 heteroatoms. The van der Waals surface area contributed by atoms with Gasteiger partial charge in [0, 0.05) is 22.2 Å². The fourth-order valence-electron chi connectivity index (χ4n) is 1.68. The number of aromatic nitrogens is 1. The molecule has 104 valence electrons. The van der Waals surface area contributed by atoms with Crippen LogP contribution in [-0.4, -0.2) is 21.0 Å². The van der Waals surface area contributed by atoms with Crippen LogP contribution in [0.1, 0.15) is 23.2 Å². The van der Waals surface area contributed by atoms with Crippen LogP contribution < -0.4 is 0 Å². The predicted octanol–water partition coefficient (Wildman–Crippen LogP) is 3.27. The zero-order chi connectivity index (χ0) is 14.9. The Bertz CT molecular complexity index is 695. The Hall–Kier alpha value is -2.22. The highest BCUT2D eigenvalue weighted by Crippen LogP contribution is 2.29. The van der Waals surface area contributed by atoms with Gasteiger partial charge in [-0.25, -0.2) is 9.78 Å². The minimum absolute atomic E-state index is 0.0450. The number of oxazole rings is 1. The monoisotopic (exact) mass is 340 g/mol. The first-order valence-electron chi connectivity index (χ1n) is 5.60. The number of hydrogen-bond acceptors (Lipinski definition) is 5. The molecule has 0 saturated carbocycles. The van der Waals surface area contributed by atoms with E-state index in [9.17, 15) is 14.9 Å². The standard InChI is InChI=1S/C12H9BrN2O5/c1-2-9-10(12(16)17)20-11(14-9)6-3-7(13)5-8(4-6)15(18)19/h3-5H,2H2,1H3,(H,16,17). The van der Waals surface area contributed by atoms with Crippen LogP contribution in [0, 0.1) is 10.1 Å².